The van der Waals surface area contributed by atoms with E-state index in [1.54, 1.807) is 24.5 Å². The van der Waals surface area contributed by atoms with E-state index in [2.05, 4.69) is 15.3 Å². The molecule has 0 radical (unpaired) electrons. The number of halogens is 1. The molecule has 7 heteroatoms. The summed E-state index contributed by atoms with van der Waals surface area (Å²) in [6.07, 6.45) is 4.47. The molecule has 0 spiro atoms. The first-order chi connectivity index (χ1) is 15.6. The highest BCUT2D eigenvalue weighted by molar-refractivity contribution is 6.13. The van der Waals surface area contributed by atoms with E-state index in [4.69, 9.17) is 0 Å². The molecule has 1 fully saturated rings. The molecule has 3 heterocycles. The van der Waals surface area contributed by atoms with Gasteiger partial charge in [-0.15, -0.1) is 0 Å². The number of hydrogen-bond acceptors (Lipinski definition) is 4. The van der Waals surface area contributed by atoms with Crippen LogP contribution in [0.2, 0.25) is 0 Å². The molecule has 0 saturated carbocycles. The molecule has 5 rings (SSSR count). The SMILES string of the molecule is O=C(Nc1ccc(N2CCCC2=O)c(F)c1)c1cc(-c2ccncc2)nc2ccccc12. The van der Waals surface area contributed by atoms with Crippen molar-refractivity contribution < 1.29 is 14.0 Å². The van der Waals surface area contributed by atoms with Crippen LogP contribution in [-0.2, 0) is 4.79 Å². The first kappa shape index (κ1) is 19.8. The minimum absolute atomic E-state index is 0.0902. The number of pyridine rings is 2. The van der Waals surface area contributed by atoms with Gasteiger partial charge >= 0.3 is 0 Å². The van der Waals surface area contributed by atoms with Gasteiger partial charge in [0, 0.05) is 42.0 Å². The normalized spacial score (nSPS) is 13.5. The predicted octanol–water partition coefficient (Wildman–Crippen LogP) is 4.82. The lowest BCUT2D eigenvalue weighted by Gasteiger charge is -2.17. The van der Waals surface area contributed by atoms with E-state index in [1.807, 2.05) is 36.4 Å². The molecule has 158 valence electrons. The van der Waals surface area contributed by atoms with Gasteiger partial charge < -0.3 is 10.2 Å². The molecule has 0 bridgehead atoms. The van der Waals surface area contributed by atoms with Crippen LogP contribution in [0, 0.1) is 5.82 Å². The van der Waals surface area contributed by atoms with Crippen molar-refractivity contribution in [1.29, 1.82) is 0 Å². The Morgan fingerprint density at radius 1 is 1.03 bits per heavy atom. The number of benzene rings is 2. The quantitative estimate of drug-likeness (QED) is 0.508. The number of para-hydroxylation sites is 1. The highest BCUT2D eigenvalue weighted by Gasteiger charge is 2.24. The lowest BCUT2D eigenvalue weighted by atomic mass is 10.0. The molecular formula is C25H19FN4O2. The Morgan fingerprint density at radius 3 is 2.59 bits per heavy atom. The van der Waals surface area contributed by atoms with Crippen molar-refractivity contribution in [3.63, 3.8) is 0 Å². The summed E-state index contributed by atoms with van der Waals surface area (Å²) in [5.41, 5.74) is 3.15. The average Bonchev–Trinajstić information content (AvgIpc) is 3.24. The largest absolute Gasteiger partial charge is 0.322 e. The maximum Gasteiger partial charge on any atom is 0.256 e. The van der Waals surface area contributed by atoms with Gasteiger partial charge in [-0.05, 0) is 48.9 Å². The fourth-order valence-corrected chi connectivity index (χ4v) is 3.94. The Bertz CT molecular complexity index is 1340. The maximum atomic E-state index is 14.7. The molecule has 2 amide bonds. The number of nitrogens with one attached hydrogen (secondary N) is 1. The van der Waals surface area contributed by atoms with Crippen LogP contribution in [-0.4, -0.2) is 28.3 Å². The Morgan fingerprint density at radius 2 is 1.84 bits per heavy atom. The minimum Gasteiger partial charge on any atom is -0.322 e. The molecule has 0 atom stereocenters. The molecule has 1 aliphatic rings. The van der Waals surface area contributed by atoms with E-state index < -0.39 is 5.82 Å². The Balaban J connectivity index is 1.48. The van der Waals surface area contributed by atoms with Gasteiger partial charge in [0.2, 0.25) is 5.91 Å². The number of hydrogen-bond donors (Lipinski definition) is 1. The van der Waals surface area contributed by atoms with Crippen LogP contribution in [0.4, 0.5) is 15.8 Å². The van der Waals surface area contributed by atoms with Gasteiger partial charge in [-0.25, -0.2) is 9.37 Å². The number of anilines is 2. The summed E-state index contributed by atoms with van der Waals surface area (Å²) in [6.45, 7) is 0.502. The summed E-state index contributed by atoms with van der Waals surface area (Å²) in [5.74, 6) is -1.01. The number of carbonyl (C=O) groups is 2. The summed E-state index contributed by atoms with van der Waals surface area (Å²) < 4.78 is 14.7. The summed E-state index contributed by atoms with van der Waals surface area (Å²) >= 11 is 0. The van der Waals surface area contributed by atoms with Crippen molar-refractivity contribution in [3.8, 4) is 11.3 Å². The van der Waals surface area contributed by atoms with Crippen LogP contribution in [0.25, 0.3) is 22.2 Å². The van der Waals surface area contributed by atoms with Gasteiger partial charge in [-0.2, -0.15) is 0 Å². The Labute approximate surface area is 183 Å². The third-order valence-electron chi connectivity index (χ3n) is 5.51. The zero-order chi connectivity index (χ0) is 22.1. The molecule has 0 aliphatic carbocycles. The molecular weight excluding hydrogens is 407 g/mol. The van der Waals surface area contributed by atoms with Crippen molar-refractivity contribution in [2.45, 2.75) is 12.8 Å². The van der Waals surface area contributed by atoms with E-state index in [1.165, 1.54) is 17.0 Å². The second-order valence-electron chi connectivity index (χ2n) is 7.58. The molecule has 1 aliphatic heterocycles. The van der Waals surface area contributed by atoms with E-state index in [-0.39, 0.29) is 17.5 Å². The average molecular weight is 426 g/mol. The van der Waals surface area contributed by atoms with Crippen LogP contribution in [0.5, 0.6) is 0 Å². The van der Waals surface area contributed by atoms with Gasteiger partial charge in [0.05, 0.1) is 22.5 Å². The number of fused-ring (bicyclic) bond motifs is 1. The molecule has 6 nitrogen and oxygen atoms in total. The second-order valence-corrected chi connectivity index (χ2v) is 7.58. The number of nitrogens with zero attached hydrogens (tertiary/aromatic N) is 3. The molecule has 2 aromatic carbocycles. The fourth-order valence-electron chi connectivity index (χ4n) is 3.94. The van der Waals surface area contributed by atoms with Gasteiger partial charge in [0.25, 0.3) is 5.91 Å². The molecule has 1 N–H and O–H groups in total. The van der Waals surface area contributed by atoms with Crippen LogP contribution in [0.15, 0.2) is 73.1 Å². The van der Waals surface area contributed by atoms with E-state index in [0.717, 1.165) is 5.56 Å². The highest BCUT2D eigenvalue weighted by Crippen LogP contribution is 2.28. The van der Waals surface area contributed by atoms with Gasteiger partial charge in [-0.1, -0.05) is 18.2 Å². The third kappa shape index (κ3) is 3.69. The summed E-state index contributed by atoms with van der Waals surface area (Å²) in [5, 5.41) is 3.47. The van der Waals surface area contributed by atoms with Crippen LogP contribution >= 0.6 is 0 Å². The van der Waals surface area contributed by atoms with Crippen molar-refractivity contribution >= 4 is 34.1 Å². The zero-order valence-corrected chi connectivity index (χ0v) is 17.1. The third-order valence-corrected chi connectivity index (χ3v) is 5.51. The predicted molar refractivity (Wildman–Crippen MR) is 121 cm³/mol. The number of amides is 2. The minimum atomic E-state index is -0.546. The Kier molecular flexibility index (Phi) is 5.07. The standard InChI is InChI=1S/C25H19FN4O2/c26-20-14-17(7-8-23(20)30-13-3-6-24(30)31)28-25(32)19-15-22(16-9-11-27-12-10-16)29-21-5-2-1-4-18(19)21/h1-2,4-5,7-12,14-15H,3,6,13H2,(H,28,32). The van der Waals surface area contributed by atoms with E-state index in [0.29, 0.717) is 47.2 Å². The first-order valence-corrected chi connectivity index (χ1v) is 10.3. The van der Waals surface area contributed by atoms with Crippen molar-refractivity contribution in [2.24, 2.45) is 0 Å². The molecule has 4 aromatic rings. The summed E-state index contributed by atoms with van der Waals surface area (Å²) in [6, 6.07) is 17.1. The van der Waals surface area contributed by atoms with E-state index in [9.17, 15) is 14.0 Å². The van der Waals surface area contributed by atoms with Gasteiger partial charge in [-0.3, -0.25) is 14.6 Å². The molecule has 0 unspecified atom stereocenters. The summed E-state index contributed by atoms with van der Waals surface area (Å²) in [7, 11) is 0. The number of rotatable bonds is 4. The lowest BCUT2D eigenvalue weighted by molar-refractivity contribution is -0.117. The van der Waals surface area contributed by atoms with Crippen LogP contribution in [0.3, 0.4) is 0 Å². The first-order valence-electron chi connectivity index (χ1n) is 10.3. The lowest BCUT2D eigenvalue weighted by Crippen LogP contribution is -2.24. The second kappa shape index (κ2) is 8.19. The highest BCUT2D eigenvalue weighted by atomic mass is 19.1. The molecule has 1 saturated heterocycles. The summed E-state index contributed by atoms with van der Waals surface area (Å²) in [4.78, 5) is 35.2. The maximum absolute atomic E-state index is 14.7. The number of carbonyl (C=O) groups excluding carboxylic acids is 2. The van der Waals surface area contributed by atoms with Gasteiger partial charge in [0.1, 0.15) is 5.82 Å². The number of aromatic nitrogens is 2. The van der Waals surface area contributed by atoms with Crippen molar-refractivity contribution in [3.05, 3.63) is 84.4 Å². The van der Waals surface area contributed by atoms with Crippen LogP contribution in [0.1, 0.15) is 23.2 Å². The van der Waals surface area contributed by atoms with E-state index >= 15 is 0 Å². The monoisotopic (exact) mass is 426 g/mol. The topological polar surface area (TPSA) is 75.2 Å². The smallest absolute Gasteiger partial charge is 0.256 e. The van der Waals surface area contributed by atoms with Crippen molar-refractivity contribution in [1.82, 2.24) is 9.97 Å². The van der Waals surface area contributed by atoms with Crippen LogP contribution < -0.4 is 10.2 Å². The zero-order valence-electron chi connectivity index (χ0n) is 17.1. The van der Waals surface area contributed by atoms with Crippen molar-refractivity contribution in [2.75, 3.05) is 16.8 Å². The fraction of sp³-hybridized carbons (Fsp3) is 0.120. The Hall–Kier alpha value is -4.13. The molecule has 32 heavy (non-hydrogen) atoms. The molecule has 2 aromatic heterocycles. The van der Waals surface area contributed by atoms with Gasteiger partial charge in [0.15, 0.2) is 0 Å².